The first kappa shape index (κ1) is 17.5. The van der Waals surface area contributed by atoms with E-state index in [1.807, 2.05) is 78.9 Å². The Kier molecular flexibility index (Phi) is 3.79. The minimum absolute atomic E-state index is 0.00650. The summed E-state index contributed by atoms with van der Waals surface area (Å²) >= 11 is 0. The van der Waals surface area contributed by atoms with Gasteiger partial charge in [0.25, 0.3) is 0 Å². The normalized spacial score (nSPS) is 15.1. The van der Waals surface area contributed by atoms with Crippen molar-refractivity contribution in [1.29, 1.82) is 0 Å². The SMILES string of the molecule is [2H]c1c([2H])c(-c2c3ccccc3c(-c3ccc4oc5c6ccccc6ccc5c4c3)c3ccccc23)c([2H])c(-c2c([2H])c([2H])c([2H])c3c([2H])c([2H])c([2H])c([2H])c23)c1[2H]. The van der Waals surface area contributed by atoms with E-state index in [0.717, 1.165) is 54.6 Å². The first-order chi connectivity index (χ1) is 27.9. The van der Waals surface area contributed by atoms with Gasteiger partial charge in [-0.15, -0.1) is 0 Å². The van der Waals surface area contributed by atoms with Crippen LogP contribution < -0.4 is 0 Å². The lowest BCUT2D eigenvalue weighted by Gasteiger charge is -2.18. The summed E-state index contributed by atoms with van der Waals surface area (Å²) in [6.07, 6.45) is 0. The number of hydrogen-bond donors (Lipinski definition) is 0. The van der Waals surface area contributed by atoms with Crippen LogP contribution in [0.5, 0.6) is 0 Å². The molecule has 0 aliphatic rings. The number of rotatable bonds is 3. The van der Waals surface area contributed by atoms with Crippen LogP contribution in [0.3, 0.4) is 0 Å². The van der Waals surface area contributed by atoms with Crippen molar-refractivity contribution in [3.8, 4) is 33.4 Å². The fourth-order valence-electron chi connectivity index (χ4n) is 6.96. The highest BCUT2D eigenvalue weighted by Crippen LogP contribution is 2.45. The number of furan rings is 1. The highest BCUT2D eigenvalue weighted by Gasteiger charge is 2.19. The quantitative estimate of drug-likeness (QED) is 0.182. The van der Waals surface area contributed by atoms with Gasteiger partial charge >= 0.3 is 0 Å². The van der Waals surface area contributed by atoms with E-state index in [-0.39, 0.29) is 27.5 Å². The van der Waals surface area contributed by atoms with Crippen LogP contribution >= 0.6 is 0 Å². The molecule has 0 atom stereocenters. The van der Waals surface area contributed by atoms with Crippen molar-refractivity contribution in [2.75, 3.05) is 0 Å². The van der Waals surface area contributed by atoms with Crippen LogP contribution in [0, 0.1) is 0 Å². The summed E-state index contributed by atoms with van der Waals surface area (Å²) in [4.78, 5) is 0. The molecule has 1 aromatic heterocycles. The first-order valence-electron chi connectivity index (χ1n) is 20.8. The molecule has 0 bridgehead atoms. The lowest BCUT2D eigenvalue weighted by Crippen LogP contribution is -1.91. The summed E-state index contributed by atoms with van der Waals surface area (Å²) in [5, 5.41) is 6.30. The molecular weight excluding hydrogens is 569 g/mol. The fraction of sp³-hybridized carbons (Fsp3) is 0. The van der Waals surface area contributed by atoms with Gasteiger partial charge in [0.2, 0.25) is 0 Å². The largest absolute Gasteiger partial charge is 0.455 e. The third-order valence-corrected chi connectivity index (χ3v) is 9.02. The molecule has 1 nitrogen and oxygen atoms in total. The first-order valence-corrected chi connectivity index (χ1v) is 15.3. The summed E-state index contributed by atoms with van der Waals surface area (Å²) in [6.45, 7) is 0. The van der Waals surface area contributed by atoms with Crippen LogP contribution in [-0.4, -0.2) is 0 Å². The van der Waals surface area contributed by atoms with E-state index >= 15 is 0 Å². The summed E-state index contributed by atoms with van der Waals surface area (Å²) in [6, 6.07) is 27.3. The molecule has 0 saturated carbocycles. The standard InChI is InChI=1S/C46H28O/c1-3-16-34-29(11-1)13-10-22-35(34)31-14-9-15-32(27-31)44-37-18-5-7-20-39(37)45(40-21-8-6-19-38(40)44)33-24-26-43-42(28-33)41-25-23-30-12-2-4-17-36(30)46(41)47-43/h1-28H/i1D,3D,9D,10D,11D,13D,14D,15D,16D,22D,27D. The lowest BCUT2D eigenvalue weighted by atomic mass is 9.85. The van der Waals surface area contributed by atoms with Crippen LogP contribution in [-0.2, 0) is 0 Å². The van der Waals surface area contributed by atoms with Crippen LogP contribution in [0.15, 0.2) is 174 Å². The highest BCUT2D eigenvalue weighted by atomic mass is 16.3. The predicted molar refractivity (Wildman–Crippen MR) is 200 cm³/mol. The molecule has 47 heavy (non-hydrogen) atoms. The Hall–Kier alpha value is -6.18. The summed E-state index contributed by atoms with van der Waals surface area (Å²) in [7, 11) is 0. The van der Waals surface area contributed by atoms with Gasteiger partial charge < -0.3 is 4.42 Å². The maximum Gasteiger partial charge on any atom is 0.143 e. The molecule has 9 aromatic carbocycles. The van der Waals surface area contributed by atoms with E-state index in [9.17, 15) is 2.74 Å². The van der Waals surface area contributed by atoms with Gasteiger partial charge in [0.05, 0.1) is 15.1 Å². The Bertz CT molecular complexity index is 3410. The van der Waals surface area contributed by atoms with Crippen molar-refractivity contribution >= 4 is 65.0 Å². The molecule has 1 heteroatoms. The molecule has 0 aliphatic carbocycles. The van der Waals surface area contributed by atoms with Crippen LogP contribution in [0.4, 0.5) is 0 Å². The van der Waals surface area contributed by atoms with Crippen molar-refractivity contribution in [3.63, 3.8) is 0 Å². The zero-order valence-corrected chi connectivity index (χ0v) is 24.7. The third kappa shape index (κ3) is 3.97. The molecule has 218 valence electrons. The van der Waals surface area contributed by atoms with E-state index in [4.69, 9.17) is 16.8 Å². The average Bonchev–Trinajstić information content (AvgIpc) is 3.62. The van der Waals surface area contributed by atoms with Gasteiger partial charge in [-0.2, -0.15) is 0 Å². The molecular formula is C46H28O. The second-order valence-electron chi connectivity index (χ2n) is 11.6. The zero-order chi connectivity index (χ0) is 40.5. The van der Waals surface area contributed by atoms with Crippen LogP contribution in [0.25, 0.3) is 98.4 Å². The molecule has 10 rings (SSSR count). The Balaban J connectivity index is 1.31. The third-order valence-electron chi connectivity index (χ3n) is 9.02. The van der Waals surface area contributed by atoms with Crippen molar-refractivity contribution < 1.29 is 19.5 Å². The molecule has 0 amide bonds. The molecule has 0 fully saturated rings. The molecule has 0 N–H and O–H groups in total. The fourth-order valence-corrected chi connectivity index (χ4v) is 6.96. The van der Waals surface area contributed by atoms with Crippen LogP contribution in [0.2, 0.25) is 0 Å². The van der Waals surface area contributed by atoms with E-state index in [1.165, 1.54) is 0 Å². The van der Waals surface area contributed by atoms with Gasteiger partial charge in [-0.1, -0.05) is 145 Å². The molecule has 0 radical (unpaired) electrons. The van der Waals surface area contributed by atoms with Crippen molar-refractivity contribution in [2.24, 2.45) is 0 Å². The monoisotopic (exact) mass is 607 g/mol. The van der Waals surface area contributed by atoms with Gasteiger partial charge in [0.15, 0.2) is 0 Å². The van der Waals surface area contributed by atoms with Gasteiger partial charge in [-0.05, 0) is 95.3 Å². The molecule has 1 heterocycles. The summed E-state index contributed by atoms with van der Waals surface area (Å²) in [5.41, 5.74) is 3.13. The van der Waals surface area contributed by atoms with E-state index < -0.39 is 66.5 Å². The Morgan fingerprint density at radius 3 is 1.83 bits per heavy atom. The second kappa shape index (κ2) is 10.2. The average molecular weight is 608 g/mol. The van der Waals surface area contributed by atoms with E-state index in [1.54, 1.807) is 0 Å². The predicted octanol–water partition coefficient (Wildman–Crippen LogP) is 13.2. The summed E-state index contributed by atoms with van der Waals surface area (Å²) in [5.74, 6) is 0. The topological polar surface area (TPSA) is 13.1 Å². The van der Waals surface area contributed by atoms with Crippen LogP contribution in [0.1, 0.15) is 15.1 Å². The minimum atomic E-state index is -0.648. The minimum Gasteiger partial charge on any atom is -0.455 e. The lowest BCUT2D eigenvalue weighted by molar-refractivity contribution is 0.672. The molecule has 10 aromatic rings. The van der Waals surface area contributed by atoms with Gasteiger partial charge in [-0.25, -0.2) is 0 Å². The van der Waals surface area contributed by atoms with Crippen molar-refractivity contribution in [2.45, 2.75) is 0 Å². The van der Waals surface area contributed by atoms with Gasteiger partial charge in [0.1, 0.15) is 11.2 Å². The smallest absolute Gasteiger partial charge is 0.143 e. The van der Waals surface area contributed by atoms with Gasteiger partial charge in [0, 0.05) is 16.2 Å². The zero-order valence-electron chi connectivity index (χ0n) is 35.7. The van der Waals surface area contributed by atoms with E-state index in [2.05, 4.69) is 24.3 Å². The van der Waals surface area contributed by atoms with Crippen molar-refractivity contribution in [1.82, 2.24) is 0 Å². The number of hydrogen-bond acceptors (Lipinski definition) is 1. The Labute approximate surface area is 287 Å². The molecule has 0 aliphatic heterocycles. The van der Waals surface area contributed by atoms with Crippen molar-refractivity contribution in [3.05, 3.63) is 170 Å². The van der Waals surface area contributed by atoms with E-state index in [0.29, 0.717) is 16.3 Å². The number of benzene rings is 9. The Morgan fingerprint density at radius 2 is 1.04 bits per heavy atom. The summed E-state index contributed by atoms with van der Waals surface area (Å²) < 4.78 is 104. The molecule has 0 unspecified atom stereocenters. The Morgan fingerprint density at radius 1 is 0.404 bits per heavy atom. The van der Waals surface area contributed by atoms with Gasteiger partial charge in [-0.3, -0.25) is 0 Å². The molecule has 0 spiro atoms. The number of fused-ring (bicyclic) bond motifs is 8. The second-order valence-corrected chi connectivity index (χ2v) is 11.6. The maximum atomic E-state index is 9.77. The molecule has 0 saturated heterocycles. The maximum absolute atomic E-state index is 9.77. The highest BCUT2D eigenvalue weighted by molar-refractivity contribution is 6.23.